The molecule has 8 heteroatoms. The van der Waals surface area contributed by atoms with Gasteiger partial charge in [-0.05, 0) is 43.3 Å². The fourth-order valence-electron chi connectivity index (χ4n) is 2.89. The number of carbonyl (C=O) groups is 1. The van der Waals surface area contributed by atoms with Crippen molar-refractivity contribution >= 4 is 11.9 Å². The van der Waals surface area contributed by atoms with Crippen molar-refractivity contribution in [1.82, 2.24) is 20.2 Å². The zero-order valence-electron chi connectivity index (χ0n) is 15.2. The van der Waals surface area contributed by atoms with Crippen molar-refractivity contribution in [1.29, 1.82) is 0 Å². The Morgan fingerprint density at radius 2 is 1.81 bits per heavy atom. The molecule has 0 saturated carbocycles. The lowest BCUT2D eigenvalue weighted by atomic mass is 10.3. The Kier molecular flexibility index (Phi) is 6.92. The largest absolute Gasteiger partial charge is 0.484 e. The zero-order valence-corrected chi connectivity index (χ0v) is 15.2. The minimum absolute atomic E-state index is 0.0681. The molecule has 2 heterocycles. The Bertz CT molecular complexity index is 706. The second-order valence-corrected chi connectivity index (χ2v) is 6.32. The molecule has 0 radical (unpaired) electrons. The van der Waals surface area contributed by atoms with Gasteiger partial charge in [0.15, 0.2) is 6.61 Å². The number of rotatable bonds is 8. The molecule has 3 rings (SSSR count). The summed E-state index contributed by atoms with van der Waals surface area (Å²) in [4.78, 5) is 24.9. The first-order chi connectivity index (χ1) is 13.2. The van der Waals surface area contributed by atoms with Crippen LogP contribution in [0.5, 0.6) is 5.75 Å². The van der Waals surface area contributed by atoms with Gasteiger partial charge in [-0.15, -0.1) is 0 Å². The number of halogens is 1. The van der Waals surface area contributed by atoms with Gasteiger partial charge in [0.05, 0.1) is 0 Å². The lowest BCUT2D eigenvalue weighted by Crippen LogP contribution is -2.47. The van der Waals surface area contributed by atoms with Gasteiger partial charge in [0, 0.05) is 45.1 Å². The molecule has 7 nitrogen and oxygen atoms in total. The van der Waals surface area contributed by atoms with E-state index in [-0.39, 0.29) is 18.3 Å². The second kappa shape index (κ2) is 9.82. The molecule has 1 aromatic heterocycles. The normalized spacial score (nSPS) is 14.8. The topological polar surface area (TPSA) is 70.6 Å². The SMILES string of the molecule is O=C(COc1ccc(F)cc1)NCCCN1CCN(c2ncccn2)CC1. The highest BCUT2D eigenvalue weighted by Crippen LogP contribution is 2.11. The summed E-state index contributed by atoms with van der Waals surface area (Å²) in [6.07, 6.45) is 4.40. The molecule has 0 aliphatic carbocycles. The van der Waals surface area contributed by atoms with E-state index in [4.69, 9.17) is 4.74 Å². The Labute approximate surface area is 158 Å². The number of aromatic nitrogens is 2. The Balaban J connectivity index is 1.26. The number of benzene rings is 1. The quantitative estimate of drug-likeness (QED) is 0.704. The van der Waals surface area contributed by atoms with E-state index >= 15 is 0 Å². The number of nitrogens with one attached hydrogen (secondary N) is 1. The molecule has 0 unspecified atom stereocenters. The summed E-state index contributed by atoms with van der Waals surface area (Å²) in [5, 5.41) is 2.84. The predicted molar refractivity (Wildman–Crippen MR) is 100 cm³/mol. The van der Waals surface area contributed by atoms with Gasteiger partial charge in [-0.2, -0.15) is 0 Å². The minimum Gasteiger partial charge on any atom is -0.484 e. The highest BCUT2D eigenvalue weighted by atomic mass is 19.1. The number of ether oxygens (including phenoxy) is 1. The van der Waals surface area contributed by atoms with Crippen LogP contribution in [-0.2, 0) is 4.79 Å². The van der Waals surface area contributed by atoms with E-state index in [1.165, 1.54) is 24.3 Å². The third-order valence-corrected chi connectivity index (χ3v) is 4.36. The van der Waals surface area contributed by atoms with Gasteiger partial charge in [-0.25, -0.2) is 14.4 Å². The molecule has 0 spiro atoms. The van der Waals surface area contributed by atoms with E-state index < -0.39 is 0 Å². The third-order valence-electron chi connectivity index (χ3n) is 4.36. The summed E-state index contributed by atoms with van der Waals surface area (Å²) in [7, 11) is 0. The molecular weight excluding hydrogens is 349 g/mol. The van der Waals surface area contributed by atoms with Crippen LogP contribution < -0.4 is 15.0 Å². The summed E-state index contributed by atoms with van der Waals surface area (Å²) in [5.74, 6) is 0.756. The number of carbonyl (C=O) groups excluding carboxylic acids is 1. The van der Waals surface area contributed by atoms with Crippen molar-refractivity contribution in [2.24, 2.45) is 0 Å². The Morgan fingerprint density at radius 1 is 1.11 bits per heavy atom. The van der Waals surface area contributed by atoms with Gasteiger partial charge in [0.2, 0.25) is 5.95 Å². The summed E-state index contributed by atoms with van der Waals surface area (Å²) in [5.41, 5.74) is 0. The molecular formula is C19H24FN5O2. The van der Waals surface area contributed by atoms with Crippen molar-refractivity contribution in [3.8, 4) is 5.75 Å². The van der Waals surface area contributed by atoms with Gasteiger partial charge in [0.1, 0.15) is 11.6 Å². The maximum atomic E-state index is 12.8. The number of hydrogen-bond acceptors (Lipinski definition) is 6. The first-order valence-electron chi connectivity index (χ1n) is 9.10. The zero-order chi connectivity index (χ0) is 18.9. The number of amides is 1. The van der Waals surface area contributed by atoms with E-state index in [0.717, 1.165) is 45.1 Å². The van der Waals surface area contributed by atoms with Crippen LogP contribution in [0.2, 0.25) is 0 Å². The van der Waals surface area contributed by atoms with E-state index in [2.05, 4.69) is 25.1 Å². The van der Waals surface area contributed by atoms with E-state index in [1.807, 2.05) is 6.07 Å². The molecule has 144 valence electrons. The smallest absolute Gasteiger partial charge is 0.257 e. The van der Waals surface area contributed by atoms with Crippen molar-refractivity contribution in [3.63, 3.8) is 0 Å². The van der Waals surface area contributed by atoms with Gasteiger partial charge in [0.25, 0.3) is 5.91 Å². The van der Waals surface area contributed by atoms with Crippen LogP contribution in [0.1, 0.15) is 6.42 Å². The van der Waals surface area contributed by atoms with Crippen molar-refractivity contribution < 1.29 is 13.9 Å². The van der Waals surface area contributed by atoms with Gasteiger partial charge in [-0.1, -0.05) is 0 Å². The van der Waals surface area contributed by atoms with Gasteiger partial charge in [-0.3, -0.25) is 9.69 Å². The molecule has 1 aromatic carbocycles. The third kappa shape index (κ3) is 6.18. The number of piperazine rings is 1. The monoisotopic (exact) mass is 373 g/mol. The molecule has 1 saturated heterocycles. The molecule has 1 amide bonds. The van der Waals surface area contributed by atoms with Gasteiger partial charge >= 0.3 is 0 Å². The predicted octanol–water partition coefficient (Wildman–Crippen LogP) is 1.32. The molecule has 1 N–H and O–H groups in total. The van der Waals surface area contributed by atoms with Crippen molar-refractivity contribution in [3.05, 3.63) is 48.5 Å². The number of anilines is 1. The molecule has 0 bridgehead atoms. The van der Waals surface area contributed by atoms with E-state index in [9.17, 15) is 9.18 Å². The van der Waals surface area contributed by atoms with E-state index in [1.54, 1.807) is 12.4 Å². The van der Waals surface area contributed by atoms with Crippen LogP contribution in [-0.4, -0.2) is 66.7 Å². The Hall–Kier alpha value is -2.74. The lowest BCUT2D eigenvalue weighted by molar-refractivity contribution is -0.123. The number of hydrogen-bond donors (Lipinski definition) is 1. The molecule has 1 aliphatic rings. The first kappa shape index (κ1) is 19.0. The van der Waals surface area contributed by atoms with Crippen molar-refractivity contribution in [2.75, 3.05) is 50.8 Å². The fourth-order valence-corrected chi connectivity index (χ4v) is 2.89. The van der Waals surface area contributed by atoms with Crippen LogP contribution in [0, 0.1) is 5.82 Å². The van der Waals surface area contributed by atoms with Gasteiger partial charge < -0.3 is 15.0 Å². The summed E-state index contributed by atoms with van der Waals surface area (Å²) in [6.45, 7) is 5.20. The molecule has 0 atom stereocenters. The first-order valence-corrected chi connectivity index (χ1v) is 9.10. The number of nitrogens with zero attached hydrogens (tertiary/aromatic N) is 4. The highest BCUT2D eigenvalue weighted by Gasteiger charge is 2.18. The molecule has 1 aliphatic heterocycles. The fraction of sp³-hybridized carbons (Fsp3) is 0.421. The summed E-state index contributed by atoms with van der Waals surface area (Å²) < 4.78 is 18.1. The summed E-state index contributed by atoms with van der Waals surface area (Å²) in [6, 6.07) is 7.43. The molecule has 1 fully saturated rings. The van der Waals surface area contributed by atoms with Crippen LogP contribution in [0.25, 0.3) is 0 Å². The van der Waals surface area contributed by atoms with Crippen LogP contribution in [0.15, 0.2) is 42.7 Å². The maximum Gasteiger partial charge on any atom is 0.257 e. The molecule has 27 heavy (non-hydrogen) atoms. The van der Waals surface area contributed by atoms with Crippen LogP contribution >= 0.6 is 0 Å². The summed E-state index contributed by atoms with van der Waals surface area (Å²) >= 11 is 0. The average Bonchev–Trinajstić information content (AvgIpc) is 2.72. The highest BCUT2D eigenvalue weighted by molar-refractivity contribution is 5.77. The van der Waals surface area contributed by atoms with Crippen LogP contribution in [0.3, 0.4) is 0 Å². The second-order valence-electron chi connectivity index (χ2n) is 6.32. The maximum absolute atomic E-state index is 12.8. The minimum atomic E-state index is -0.330. The van der Waals surface area contributed by atoms with Crippen LogP contribution in [0.4, 0.5) is 10.3 Å². The molecule has 2 aromatic rings. The van der Waals surface area contributed by atoms with E-state index in [0.29, 0.717) is 12.3 Å². The lowest BCUT2D eigenvalue weighted by Gasteiger charge is -2.34. The van der Waals surface area contributed by atoms with Crippen molar-refractivity contribution in [2.45, 2.75) is 6.42 Å². The Morgan fingerprint density at radius 3 is 2.52 bits per heavy atom. The standard InChI is InChI=1S/C19H24FN5O2/c20-16-3-5-17(6-4-16)27-15-18(26)21-9-2-10-24-11-13-25(14-12-24)19-22-7-1-8-23-19/h1,3-8H,2,9-15H2,(H,21,26). The average molecular weight is 373 g/mol.